The van der Waals surface area contributed by atoms with Crippen molar-refractivity contribution >= 4 is 23.0 Å². The highest BCUT2D eigenvalue weighted by atomic mass is 35.5. The molecule has 1 aliphatic carbocycles. The molecule has 0 unspecified atom stereocenters. The van der Waals surface area contributed by atoms with E-state index in [4.69, 9.17) is 11.6 Å². The van der Waals surface area contributed by atoms with Crippen LogP contribution in [0.2, 0.25) is 5.02 Å². The highest BCUT2D eigenvalue weighted by Gasteiger charge is 2.38. The lowest BCUT2D eigenvalue weighted by Crippen LogP contribution is -2.29. The van der Waals surface area contributed by atoms with Crippen LogP contribution in [-0.4, -0.2) is 4.92 Å². The van der Waals surface area contributed by atoms with E-state index in [-0.39, 0.29) is 22.6 Å². The summed E-state index contributed by atoms with van der Waals surface area (Å²) in [6.45, 7) is 0. The number of anilines is 1. The average molecular weight is 327 g/mol. The normalized spacial score (nSPS) is 24.7. The Morgan fingerprint density at radius 3 is 2.70 bits per heavy atom. The van der Waals surface area contributed by atoms with Crippen LogP contribution in [0.4, 0.5) is 11.4 Å². The first-order valence-electron chi connectivity index (χ1n) is 7.60. The first kappa shape index (κ1) is 14.3. The number of allylic oxidation sites excluding steroid dienone is 2. The molecule has 23 heavy (non-hydrogen) atoms. The number of rotatable bonds is 2. The predicted molar refractivity (Wildman–Crippen MR) is 90.9 cm³/mol. The van der Waals surface area contributed by atoms with Crippen molar-refractivity contribution in [2.24, 2.45) is 5.92 Å². The third-order valence-corrected chi connectivity index (χ3v) is 5.04. The molecule has 0 saturated carbocycles. The van der Waals surface area contributed by atoms with Crippen LogP contribution >= 0.6 is 11.6 Å². The molecule has 4 nitrogen and oxygen atoms in total. The minimum Gasteiger partial charge on any atom is -0.378 e. The summed E-state index contributed by atoms with van der Waals surface area (Å²) in [5, 5.41) is 15.3. The molecule has 3 atom stereocenters. The van der Waals surface area contributed by atoms with Crippen molar-refractivity contribution in [2.45, 2.75) is 18.4 Å². The van der Waals surface area contributed by atoms with Crippen LogP contribution in [-0.2, 0) is 0 Å². The second-order valence-electron chi connectivity index (χ2n) is 6.06. The standard InChI is InChI=1S/C18H15ClN2O2/c19-12-6-4-11(5-7-12)18-15-3-1-2-14(15)16-10-13(21(22)23)8-9-17(16)20-18/h1-2,4-10,14-15,18,20H,3H2/t14-,15-,18-/m1/s1. The molecule has 2 aliphatic rings. The third kappa shape index (κ3) is 2.39. The third-order valence-electron chi connectivity index (χ3n) is 4.79. The van der Waals surface area contributed by atoms with Gasteiger partial charge >= 0.3 is 0 Å². The molecule has 116 valence electrons. The molecule has 2 aromatic carbocycles. The van der Waals surface area contributed by atoms with E-state index in [2.05, 4.69) is 17.5 Å². The molecule has 0 aromatic heterocycles. The summed E-state index contributed by atoms with van der Waals surface area (Å²) in [5.41, 5.74) is 3.33. The molecule has 1 heterocycles. The molecule has 0 radical (unpaired) electrons. The molecule has 0 spiro atoms. The van der Waals surface area contributed by atoms with Gasteiger partial charge in [-0.15, -0.1) is 0 Å². The van der Waals surface area contributed by atoms with E-state index in [1.165, 1.54) is 5.56 Å². The van der Waals surface area contributed by atoms with Gasteiger partial charge in [-0.2, -0.15) is 0 Å². The summed E-state index contributed by atoms with van der Waals surface area (Å²) in [5.74, 6) is 0.581. The summed E-state index contributed by atoms with van der Waals surface area (Å²) in [7, 11) is 0. The van der Waals surface area contributed by atoms with Gasteiger partial charge in [0.05, 0.1) is 11.0 Å². The maximum atomic E-state index is 11.1. The molecule has 4 rings (SSSR count). The fraction of sp³-hybridized carbons (Fsp3) is 0.222. The van der Waals surface area contributed by atoms with Gasteiger partial charge in [0, 0.05) is 28.8 Å². The first-order valence-corrected chi connectivity index (χ1v) is 7.98. The number of benzene rings is 2. The number of hydrogen-bond acceptors (Lipinski definition) is 3. The van der Waals surface area contributed by atoms with E-state index < -0.39 is 0 Å². The van der Waals surface area contributed by atoms with Crippen molar-refractivity contribution in [3.63, 3.8) is 0 Å². The number of hydrogen-bond donors (Lipinski definition) is 1. The second-order valence-corrected chi connectivity index (χ2v) is 6.49. The molecule has 0 fully saturated rings. The van der Waals surface area contributed by atoms with Gasteiger partial charge in [0.2, 0.25) is 0 Å². The van der Waals surface area contributed by atoms with Gasteiger partial charge in [0.15, 0.2) is 0 Å². The molecule has 0 amide bonds. The number of nitro groups is 1. The number of fused-ring (bicyclic) bond motifs is 3. The zero-order valence-corrected chi connectivity index (χ0v) is 13.0. The molecule has 0 bridgehead atoms. The molecule has 5 heteroatoms. The van der Waals surface area contributed by atoms with E-state index in [0.717, 1.165) is 22.7 Å². The van der Waals surface area contributed by atoms with Gasteiger partial charge in [0.25, 0.3) is 5.69 Å². The minimum absolute atomic E-state index is 0.148. The fourth-order valence-corrected chi connectivity index (χ4v) is 3.82. The zero-order chi connectivity index (χ0) is 16.0. The number of nitrogens with zero attached hydrogens (tertiary/aromatic N) is 1. The lowest BCUT2D eigenvalue weighted by atomic mass is 9.77. The Hall–Kier alpha value is -2.33. The van der Waals surface area contributed by atoms with E-state index >= 15 is 0 Å². The molecule has 1 N–H and O–H groups in total. The molecule has 1 aliphatic heterocycles. The Morgan fingerprint density at radius 1 is 1.17 bits per heavy atom. The van der Waals surface area contributed by atoms with Crippen LogP contribution in [0, 0.1) is 16.0 Å². The Bertz CT molecular complexity index is 801. The van der Waals surface area contributed by atoms with Crippen molar-refractivity contribution in [3.8, 4) is 0 Å². The lowest BCUT2D eigenvalue weighted by molar-refractivity contribution is -0.384. The zero-order valence-electron chi connectivity index (χ0n) is 12.3. The van der Waals surface area contributed by atoms with Crippen molar-refractivity contribution in [3.05, 3.63) is 80.9 Å². The topological polar surface area (TPSA) is 55.2 Å². The van der Waals surface area contributed by atoms with Crippen LogP contribution in [0.1, 0.15) is 29.5 Å². The quantitative estimate of drug-likeness (QED) is 0.476. The predicted octanol–water partition coefficient (Wildman–Crippen LogP) is 5.07. The molecule has 0 saturated heterocycles. The largest absolute Gasteiger partial charge is 0.378 e. The molecular weight excluding hydrogens is 312 g/mol. The number of non-ortho nitro benzene ring substituents is 1. The van der Waals surface area contributed by atoms with Crippen molar-refractivity contribution in [1.82, 2.24) is 0 Å². The van der Waals surface area contributed by atoms with Crippen molar-refractivity contribution < 1.29 is 4.92 Å². The Labute approximate surface area is 138 Å². The van der Waals surface area contributed by atoms with Gasteiger partial charge < -0.3 is 5.32 Å². The maximum Gasteiger partial charge on any atom is 0.269 e. The number of nitro benzene ring substituents is 1. The average Bonchev–Trinajstić information content (AvgIpc) is 3.04. The van der Waals surface area contributed by atoms with E-state index in [1.54, 1.807) is 12.1 Å². The van der Waals surface area contributed by atoms with Crippen molar-refractivity contribution in [2.75, 3.05) is 5.32 Å². The highest BCUT2D eigenvalue weighted by Crippen LogP contribution is 2.50. The van der Waals surface area contributed by atoms with Crippen LogP contribution in [0.15, 0.2) is 54.6 Å². The van der Waals surface area contributed by atoms with Gasteiger partial charge in [-0.1, -0.05) is 35.9 Å². The number of halogens is 1. The Kier molecular flexibility index (Phi) is 3.34. The number of nitrogens with one attached hydrogen (secondary N) is 1. The summed E-state index contributed by atoms with van der Waals surface area (Å²) >= 11 is 5.99. The van der Waals surface area contributed by atoms with Gasteiger partial charge in [-0.25, -0.2) is 0 Å². The Morgan fingerprint density at radius 2 is 1.96 bits per heavy atom. The summed E-state index contributed by atoms with van der Waals surface area (Å²) in [6, 6.07) is 13.2. The lowest BCUT2D eigenvalue weighted by Gasteiger charge is -2.37. The van der Waals surface area contributed by atoms with Crippen LogP contribution in [0.25, 0.3) is 0 Å². The monoisotopic (exact) mass is 326 g/mol. The summed E-state index contributed by atoms with van der Waals surface area (Å²) < 4.78 is 0. The van der Waals surface area contributed by atoms with E-state index in [0.29, 0.717) is 5.92 Å². The highest BCUT2D eigenvalue weighted by molar-refractivity contribution is 6.30. The minimum atomic E-state index is -0.334. The Balaban J connectivity index is 1.77. The van der Waals surface area contributed by atoms with Crippen molar-refractivity contribution in [1.29, 1.82) is 0 Å². The summed E-state index contributed by atoms with van der Waals surface area (Å²) in [6.07, 6.45) is 5.32. The molecular formula is C18H15ClN2O2. The van der Waals surface area contributed by atoms with Crippen LogP contribution < -0.4 is 5.32 Å². The van der Waals surface area contributed by atoms with E-state index in [1.807, 2.05) is 30.3 Å². The maximum absolute atomic E-state index is 11.1. The molecule has 2 aromatic rings. The van der Waals surface area contributed by atoms with Crippen LogP contribution in [0.3, 0.4) is 0 Å². The van der Waals surface area contributed by atoms with E-state index in [9.17, 15) is 10.1 Å². The van der Waals surface area contributed by atoms with Gasteiger partial charge in [-0.3, -0.25) is 10.1 Å². The summed E-state index contributed by atoms with van der Waals surface area (Å²) in [4.78, 5) is 10.7. The first-order chi connectivity index (χ1) is 11.1. The smallest absolute Gasteiger partial charge is 0.269 e. The second kappa shape index (κ2) is 5.39. The van der Waals surface area contributed by atoms with Gasteiger partial charge in [-0.05, 0) is 41.7 Å². The van der Waals surface area contributed by atoms with Crippen LogP contribution in [0.5, 0.6) is 0 Å². The van der Waals surface area contributed by atoms with Gasteiger partial charge in [0.1, 0.15) is 0 Å². The fourth-order valence-electron chi connectivity index (χ4n) is 3.70. The SMILES string of the molecule is O=[N+]([O-])c1ccc2c(c1)[C@@H]1C=CC[C@H]1[C@@H](c1ccc(Cl)cc1)N2.